The van der Waals surface area contributed by atoms with Gasteiger partial charge < -0.3 is 14.8 Å². The molecule has 1 aromatic carbocycles. The number of hydrogen-bond acceptors (Lipinski definition) is 7. The predicted molar refractivity (Wildman–Crippen MR) is 85.6 cm³/mol. The molecule has 8 heteroatoms. The van der Waals surface area contributed by atoms with Crippen molar-refractivity contribution in [3.05, 3.63) is 41.8 Å². The van der Waals surface area contributed by atoms with Gasteiger partial charge in [0.1, 0.15) is 11.5 Å². The second-order valence-corrected chi connectivity index (χ2v) is 5.16. The first kappa shape index (κ1) is 14.1. The van der Waals surface area contributed by atoms with Crippen molar-refractivity contribution in [1.29, 1.82) is 0 Å². The van der Waals surface area contributed by atoms with Crippen LogP contribution in [0.2, 0.25) is 0 Å². The number of aromatic hydroxyl groups is 1. The van der Waals surface area contributed by atoms with Gasteiger partial charge in [-0.25, -0.2) is 9.97 Å². The SMILES string of the molecule is COc1ccc(O)c(-c2csc(N/N=C/c3cnc[nH]3)n2)c1. The van der Waals surface area contributed by atoms with Crippen molar-refractivity contribution in [1.82, 2.24) is 15.0 Å². The second kappa shape index (κ2) is 6.27. The molecule has 0 saturated carbocycles. The molecular weight excluding hydrogens is 302 g/mol. The summed E-state index contributed by atoms with van der Waals surface area (Å²) in [5, 5.41) is 16.5. The molecule has 0 aliphatic rings. The number of imidazole rings is 1. The number of methoxy groups -OCH3 is 1. The monoisotopic (exact) mass is 315 g/mol. The number of nitrogens with one attached hydrogen (secondary N) is 2. The maximum Gasteiger partial charge on any atom is 0.203 e. The van der Waals surface area contributed by atoms with E-state index in [-0.39, 0.29) is 5.75 Å². The highest BCUT2D eigenvalue weighted by molar-refractivity contribution is 7.14. The molecule has 112 valence electrons. The number of hydrazone groups is 1. The molecule has 2 heterocycles. The van der Waals surface area contributed by atoms with Crippen LogP contribution in [0.25, 0.3) is 11.3 Å². The van der Waals surface area contributed by atoms with E-state index in [1.807, 2.05) is 5.38 Å². The topological polar surface area (TPSA) is 95.4 Å². The summed E-state index contributed by atoms with van der Waals surface area (Å²) in [5.74, 6) is 0.811. The molecule has 2 aromatic heterocycles. The average molecular weight is 315 g/mol. The molecule has 3 rings (SSSR count). The third kappa shape index (κ3) is 3.07. The summed E-state index contributed by atoms with van der Waals surface area (Å²) in [6, 6.07) is 5.01. The fourth-order valence-corrected chi connectivity index (χ4v) is 2.45. The Balaban J connectivity index is 1.76. The number of phenols is 1. The van der Waals surface area contributed by atoms with E-state index in [1.165, 1.54) is 11.3 Å². The number of rotatable bonds is 5. The normalized spacial score (nSPS) is 11.0. The van der Waals surface area contributed by atoms with Crippen molar-refractivity contribution in [2.24, 2.45) is 5.10 Å². The Morgan fingerprint density at radius 3 is 3.14 bits per heavy atom. The lowest BCUT2D eigenvalue weighted by atomic mass is 10.1. The second-order valence-electron chi connectivity index (χ2n) is 4.30. The Hall–Kier alpha value is -2.87. The fourth-order valence-electron chi connectivity index (χ4n) is 1.79. The smallest absolute Gasteiger partial charge is 0.203 e. The van der Waals surface area contributed by atoms with Crippen LogP contribution in [0.15, 0.2) is 41.2 Å². The van der Waals surface area contributed by atoms with Crippen molar-refractivity contribution in [2.45, 2.75) is 0 Å². The Morgan fingerprint density at radius 1 is 1.45 bits per heavy atom. The minimum atomic E-state index is 0.151. The fraction of sp³-hybridized carbons (Fsp3) is 0.0714. The van der Waals surface area contributed by atoms with Gasteiger partial charge in [0.15, 0.2) is 0 Å². The van der Waals surface area contributed by atoms with Crippen LogP contribution in [0, 0.1) is 0 Å². The van der Waals surface area contributed by atoms with Crippen LogP contribution in [-0.2, 0) is 0 Å². The number of H-pyrrole nitrogens is 1. The van der Waals surface area contributed by atoms with Gasteiger partial charge in [0.05, 0.1) is 37.2 Å². The van der Waals surface area contributed by atoms with Crippen molar-refractivity contribution in [2.75, 3.05) is 12.5 Å². The molecule has 0 fully saturated rings. The van der Waals surface area contributed by atoms with Gasteiger partial charge in [-0.05, 0) is 18.2 Å². The standard InChI is InChI=1S/C14H13N5O2S/c1-21-10-2-3-13(20)11(4-10)12-7-22-14(18-12)19-17-6-9-5-15-8-16-9/h2-8,20H,1H3,(H,15,16)(H,18,19)/b17-6+. The predicted octanol–water partition coefficient (Wildman–Crippen LogP) is 2.69. The Morgan fingerprint density at radius 2 is 2.36 bits per heavy atom. The summed E-state index contributed by atoms with van der Waals surface area (Å²) < 4.78 is 5.16. The first-order chi connectivity index (χ1) is 10.8. The molecule has 0 aliphatic heterocycles. The van der Waals surface area contributed by atoms with Gasteiger partial charge in [-0.1, -0.05) is 0 Å². The molecule has 0 bridgehead atoms. The molecule has 0 saturated heterocycles. The first-order valence-corrected chi connectivity index (χ1v) is 7.24. The number of phenolic OH excluding ortho intramolecular Hbond substituents is 1. The molecular formula is C14H13N5O2S. The zero-order valence-corrected chi connectivity index (χ0v) is 12.5. The first-order valence-electron chi connectivity index (χ1n) is 6.36. The summed E-state index contributed by atoms with van der Waals surface area (Å²) in [7, 11) is 1.58. The molecule has 3 aromatic rings. The molecule has 0 spiro atoms. The van der Waals surface area contributed by atoms with Crippen LogP contribution in [0.3, 0.4) is 0 Å². The highest BCUT2D eigenvalue weighted by Crippen LogP contribution is 2.34. The van der Waals surface area contributed by atoms with Gasteiger partial charge >= 0.3 is 0 Å². The summed E-state index contributed by atoms with van der Waals surface area (Å²) in [6.45, 7) is 0. The van der Waals surface area contributed by atoms with Gasteiger partial charge in [0.25, 0.3) is 0 Å². The van der Waals surface area contributed by atoms with Gasteiger partial charge in [-0.2, -0.15) is 5.10 Å². The lowest BCUT2D eigenvalue weighted by Gasteiger charge is -2.04. The lowest BCUT2D eigenvalue weighted by Crippen LogP contribution is -1.90. The number of hydrogen-bond donors (Lipinski definition) is 3. The van der Waals surface area contributed by atoms with Crippen LogP contribution >= 0.6 is 11.3 Å². The summed E-state index contributed by atoms with van der Waals surface area (Å²) in [4.78, 5) is 11.2. The Kier molecular flexibility index (Phi) is 4.01. The van der Waals surface area contributed by atoms with Crippen molar-refractivity contribution in [3.63, 3.8) is 0 Å². The zero-order valence-electron chi connectivity index (χ0n) is 11.6. The van der Waals surface area contributed by atoms with E-state index in [2.05, 4.69) is 25.5 Å². The third-order valence-electron chi connectivity index (χ3n) is 2.87. The maximum absolute atomic E-state index is 9.94. The van der Waals surface area contributed by atoms with E-state index in [9.17, 15) is 5.11 Å². The van der Waals surface area contributed by atoms with Crippen molar-refractivity contribution >= 4 is 22.7 Å². The molecule has 0 unspecified atom stereocenters. The van der Waals surface area contributed by atoms with Gasteiger partial charge in [-0.15, -0.1) is 11.3 Å². The van der Waals surface area contributed by atoms with E-state index >= 15 is 0 Å². The summed E-state index contributed by atoms with van der Waals surface area (Å²) in [5.41, 5.74) is 4.89. The number of aromatic nitrogens is 3. The maximum atomic E-state index is 9.94. The molecule has 3 N–H and O–H groups in total. The van der Waals surface area contributed by atoms with Crippen molar-refractivity contribution in [3.8, 4) is 22.8 Å². The van der Waals surface area contributed by atoms with E-state index in [1.54, 1.807) is 44.0 Å². The lowest BCUT2D eigenvalue weighted by molar-refractivity contribution is 0.412. The van der Waals surface area contributed by atoms with Crippen molar-refractivity contribution < 1.29 is 9.84 Å². The van der Waals surface area contributed by atoms with Gasteiger partial charge in [-0.3, -0.25) is 5.43 Å². The van der Waals surface area contributed by atoms with Crippen LogP contribution in [0.1, 0.15) is 5.69 Å². The number of aromatic amines is 1. The molecule has 0 radical (unpaired) electrons. The molecule has 0 atom stereocenters. The van der Waals surface area contributed by atoms with Gasteiger partial charge in [0.2, 0.25) is 5.13 Å². The zero-order chi connectivity index (χ0) is 15.4. The van der Waals surface area contributed by atoms with Crippen LogP contribution in [-0.4, -0.2) is 33.4 Å². The molecule has 0 amide bonds. The number of benzene rings is 1. The quantitative estimate of drug-likeness (QED) is 0.497. The highest BCUT2D eigenvalue weighted by Gasteiger charge is 2.10. The summed E-state index contributed by atoms with van der Waals surface area (Å²) >= 11 is 1.39. The minimum Gasteiger partial charge on any atom is -0.507 e. The third-order valence-corrected chi connectivity index (χ3v) is 3.61. The molecule has 0 aliphatic carbocycles. The largest absolute Gasteiger partial charge is 0.507 e. The van der Waals surface area contributed by atoms with Crippen LogP contribution in [0.5, 0.6) is 11.5 Å². The number of anilines is 1. The van der Waals surface area contributed by atoms with Crippen LogP contribution < -0.4 is 10.2 Å². The molecule has 7 nitrogen and oxygen atoms in total. The Bertz CT molecular complexity index is 782. The Labute approximate surface area is 130 Å². The number of thiazole rings is 1. The van der Waals surface area contributed by atoms with E-state index in [4.69, 9.17) is 4.74 Å². The minimum absolute atomic E-state index is 0.151. The van der Waals surface area contributed by atoms with E-state index in [0.717, 1.165) is 5.69 Å². The summed E-state index contributed by atoms with van der Waals surface area (Å²) in [6.07, 6.45) is 4.85. The average Bonchev–Trinajstić information content (AvgIpc) is 3.20. The van der Waals surface area contributed by atoms with E-state index < -0.39 is 0 Å². The number of nitrogens with zero attached hydrogens (tertiary/aromatic N) is 3. The highest BCUT2D eigenvalue weighted by atomic mass is 32.1. The number of ether oxygens (including phenoxy) is 1. The molecule has 22 heavy (non-hydrogen) atoms. The van der Waals surface area contributed by atoms with Gasteiger partial charge in [0, 0.05) is 10.9 Å². The van der Waals surface area contributed by atoms with E-state index in [0.29, 0.717) is 22.1 Å². The van der Waals surface area contributed by atoms with Crippen LogP contribution in [0.4, 0.5) is 5.13 Å².